The zero-order valence-corrected chi connectivity index (χ0v) is 37.2. The molecule has 0 amide bonds. The van der Waals surface area contributed by atoms with E-state index in [2.05, 4.69) is 224 Å². The maximum atomic E-state index is 5.19. The highest BCUT2D eigenvalue weighted by Crippen LogP contribution is 2.48. The first-order valence-electron chi connectivity index (χ1n) is 22.8. The van der Waals surface area contributed by atoms with Crippen molar-refractivity contribution in [1.29, 1.82) is 0 Å². The molecule has 0 unspecified atom stereocenters. The first-order chi connectivity index (χ1) is 33.2. The molecule has 13 aromatic rings. The van der Waals surface area contributed by atoms with Crippen LogP contribution in [0.25, 0.3) is 131 Å². The van der Waals surface area contributed by atoms with E-state index in [0.717, 1.165) is 33.6 Å². The Balaban J connectivity index is 0.934. The van der Waals surface area contributed by atoms with Crippen LogP contribution in [-0.2, 0) is 0 Å². The second kappa shape index (κ2) is 16.2. The average Bonchev–Trinajstić information content (AvgIpc) is 3.85. The molecule has 2 nitrogen and oxygen atoms in total. The quantitative estimate of drug-likeness (QED) is 0.118. The van der Waals surface area contributed by atoms with Crippen LogP contribution in [0.3, 0.4) is 0 Å². The fraction of sp³-hybridized carbons (Fsp3) is 0. The highest BCUT2D eigenvalue weighted by Gasteiger charge is 2.21. The summed E-state index contributed by atoms with van der Waals surface area (Å²) in [6.07, 6.45) is 0. The fourth-order valence-electron chi connectivity index (χ4n) is 10.1. The molecule has 0 saturated heterocycles. The Morgan fingerprint density at radius 1 is 0.284 bits per heavy atom. The van der Waals surface area contributed by atoms with Crippen molar-refractivity contribution < 1.29 is 0 Å². The summed E-state index contributed by atoms with van der Waals surface area (Å²) in [6.45, 7) is 0. The van der Waals surface area contributed by atoms with Gasteiger partial charge in [0.2, 0.25) is 0 Å². The topological polar surface area (TPSA) is 25.8 Å². The highest BCUT2D eigenvalue weighted by molar-refractivity contribution is 7.22. The molecule has 3 heteroatoms. The summed E-state index contributed by atoms with van der Waals surface area (Å²) in [5, 5.41) is 11.2. The SMILES string of the molecule is c1ccc(-c2nc(-c3ccc(-c4ccc(-c5c6ccccc6c(-c6ccccc6)c6c5ccc5ccccc56)c5ccccc45)cc3)cc(-c3cccc(-c4cc5ccccc5s4)c3)n2)cc1. The van der Waals surface area contributed by atoms with E-state index in [0.29, 0.717) is 5.82 Å². The molecule has 2 aromatic heterocycles. The Morgan fingerprint density at radius 3 is 1.58 bits per heavy atom. The van der Waals surface area contributed by atoms with Crippen molar-refractivity contribution in [2.24, 2.45) is 0 Å². The molecule has 0 aliphatic heterocycles. The molecule has 13 rings (SSSR count). The van der Waals surface area contributed by atoms with Crippen molar-refractivity contribution in [3.63, 3.8) is 0 Å². The van der Waals surface area contributed by atoms with Crippen LogP contribution in [0.15, 0.2) is 243 Å². The monoisotopic (exact) mass is 868 g/mol. The van der Waals surface area contributed by atoms with Gasteiger partial charge in [-0.1, -0.05) is 218 Å². The molecule has 2 heterocycles. The van der Waals surface area contributed by atoms with E-state index in [4.69, 9.17) is 9.97 Å². The van der Waals surface area contributed by atoms with Gasteiger partial charge in [0.15, 0.2) is 5.82 Å². The van der Waals surface area contributed by atoms with Crippen molar-refractivity contribution in [3.05, 3.63) is 243 Å². The molecule has 0 aliphatic rings. The summed E-state index contributed by atoms with van der Waals surface area (Å²) >= 11 is 1.82. The van der Waals surface area contributed by atoms with E-state index in [1.807, 2.05) is 29.5 Å². The fourth-order valence-corrected chi connectivity index (χ4v) is 11.2. The van der Waals surface area contributed by atoms with E-state index in [1.165, 1.54) is 91.4 Å². The van der Waals surface area contributed by atoms with Crippen molar-refractivity contribution in [2.75, 3.05) is 0 Å². The Bertz CT molecular complexity index is 3990. The van der Waals surface area contributed by atoms with Crippen molar-refractivity contribution in [3.8, 4) is 77.7 Å². The van der Waals surface area contributed by atoms with Gasteiger partial charge in [-0.15, -0.1) is 11.3 Å². The lowest BCUT2D eigenvalue weighted by Gasteiger charge is -2.21. The second-order valence-electron chi connectivity index (χ2n) is 17.2. The number of nitrogens with zero attached hydrogens (tertiary/aromatic N) is 2. The molecule has 0 bridgehead atoms. The number of aromatic nitrogens is 2. The first-order valence-corrected chi connectivity index (χ1v) is 23.6. The molecular weight excluding hydrogens is 829 g/mol. The van der Waals surface area contributed by atoms with Crippen LogP contribution < -0.4 is 0 Å². The summed E-state index contributed by atoms with van der Waals surface area (Å²) in [5.41, 5.74) is 13.4. The summed E-state index contributed by atoms with van der Waals surface area (Å²) in [5.74, 6) is 0.705. The molecule has 0 atom stereocenters. The van der Waals surface area contributed by atoms with Gasteiger partial charge in [0, 0.05) is 26.3 Å². The van der Waals surface area contributed by atoms with Gasteiger partial charge in [-0.05, 0) is 112 Å². The van der Waals surface area contributed by atoms with Crippen LogP contribution in [0, 0.1) is 0 Å². The summed E-state index contributed by atoms with van der Waals surface area (Å²) in [7, 11) is 0. The summed E-state index contributed by atoms with van der Waals surface area (Å²) < 4.78 is 1.29. The lowest BCUT2D eigenvalue weighted by Crippen LogP contribution is -1.96. The van der Waals surface area contributed by atoms with Crippen molar-refractivity contribution >= 4 is 64.5 Å². The van der Waals surface area contributed by atoms with Crippen molar-refractivity contribution in [1.82, 2.24) is 9.97 Å². The van der Waals surface area contributed by atoms with Gasteiger partial charge >= 0.3 is 0 Å². The normalized spacial score (nSPS) is 11.6. The molecule has 0 N–H and O–H groups in total. The molecule has 0 radical (unpaired) electrons. The van der Waals surface area contributed by atoms with Gasteiger partial charge < -0.3 is 0 Å². The number of benzene rings is 11. The van der Waals surface area contributed by atoms with Crippen molar-refractivity contribution in [2.45, 2.75) is 0 Å². The standard InChI is InChI=1S/C64H40N2S/c1-3-17-44(18-4-1)61-53-27-12-13-28-54(53)62(56-35-34-41-16-7-9-24-50(41)63(56)61)55-37-36-49(51-25-10-11-26-52(51)55)42-30-32-43(33-31-42)57-40-58(66-64(65-57)45-19-5-2-6-20-45)46-22-15-23-47(38-46)60-39-48-21-8-14-29-59(48)67-60/h1-40H. The molecular formula is C64H40N2S. The Labute approximate surface area is 392 Å². The molecule has 0 spiro atoms. The predicted molar refractivity (Wildman–Crippen MR) is 285 cm³/mol. The van der Waals surface area contributed by atoms with Gasteiger partial charge in [0.05, 0.1) is 11.4 Å². The van der Waals surface area contributed by atoms with Gasteiger partial charge in [0.1, 0.15) is 0 Å². The molecule has 0 saturated carbocycles. The maximum absolute atomic E-state index is 5.19. The second-order valence-corrected chi connectivity index (χ2v) is 18.3. The Kier molecular flexibility index (Phi) is 9.40. The third-order valence-corrected chi connectivity index (χ3v) is 14.5. The lowest BCUT2D eigenvalue weighted by atomic mass is 9.82. The minimum absolute atomic E-state index is 0.705. The lowest BCUT2D eigenvalue weighted by molar-refractivity contribution is 1.18. The molecule has 67 heavy (non-hydrogen) atoms. The smallest absolute Gasteiger partial charge is 0.160 e. The van der Waals surface area contributed by atoms with Gasteiger partial charge in [0.25, 0.3) is 0 Å². The van der Waals surface area contributed by atoms with Crippen LogP contribution in [0.5, 0.6) is 0 Å². The van der Waals surface area contributed by atoms with E-state index in [-0.39, 0.29) is 0 Å². The predicted octanol–water partition coefficient (Wildman–Crippen LogP) is 18.0. The molecule has 0 fully saturated rings. The molecule has 11 aromatic carbocycles. The third kappa shape index (κ3) is 6.79. The summed E-state index contributed by atoms with van der Waals surface area (Å²) in [4.78, 5) is 11.6. The Hall–Kier alpha value is -8.50. The summed E-state index contributed by atoms with van der Waals surface area (Å²) in [6, 6.07) is 87.8. The number of thiophene rings is 1. The van der Waals surface area contributed by atoms with Gasteiger partial charge in [-0.3, -0.25) is 0 Å². The van der Waals surface area contributed by atoms with Gasteiger partial charge in [-0.2, -0.15) is 0 Å². The van der Waals surface area contributed by atoms with Crippen LogP contribution in [0.1, 0.15) is 0 Å². The first kappa shape index (κ1) is 38.9. The van der Waals surface area contributed by atoms with E-state index in [1.54, 1.807) is 0 Å². The third-order valence-electron chi connectivity index (χ3n) is 13.3. The largest absolute Gasteiger partial charge is 0.228 e. The maximum Gasteiger partial charge on any atom is 0.160 e. The van der Waals surface area contributed by atoms with Crippen LogP contribution in [-0.4, -0.2) is 9.97 Å². The van der Waals surface area contributed by atoms with Crippen LogP contribution in [0.4, 0.5) is 0 Å². The zero-order chi connectivity index (χ0) is 44.3. The van der Waals surface area contributed by atoms with Crippen LogP contribution >= 0.6 is 11.3 Å². The minimum atomic E-state index is 0.705. The number of rotatable bonds is 7. The highest BCUT2D eigenvalue weighted by atomic mass is 32.1. The average molecular weight is 869 g/mol. The zero-order valence-electron chi connectivity index (χ0n) is 36.4. The Morgan fingerprint density at radius 2 is 0.836 bits per heavy atom. The number of fused-ring (bicyclic) bond motifs is 6. The van der Waals surface area contributed by atoms with E-state index in [9.17, 15) is 0 Å². The minimum Gasteiger partial charge on any atom is -0.228 e. The van der Waals surface area contributed by atoms with Crippen LogP contribution in [0.2, 0.25) is 0 Å². The number of hydrogen-bond acceptors (Lipinski definition) is 3. The molecule has 0 aliphatic carbocycles. The van der Waals surface area contributed by atoms with E-state index < -0.39 is 0 Å². The van der Waals surface area contributed by atoms with Gasteiger partial charge in [-0.25, -0.2) is 9.97 Å². The molecule has 312 valence electrons. The van der Waals surface area contributed by atoms with E-state index >= 15 is 0 Å². The number of hydrogen-bond donors (Lipinski definition) is 0.